The van der Waals surface area contributed by atoms with E-state index in [1.165, 1.54) is 0 Å². The van der Waals surface area contributed by atoms with Gasteiger partial charge in [-0.15, -0.1) is 0 Å². The average molecular weight is 174 g/mol. The largest absolute Gasteiger partial charge is 0.507 e. The molecule has 0 aliphatic heterocycles. The standard InChI is InChI=1S/C11H10O2/c1-7-5-6-8-3-2-4-9(12)10(8)11(7)13/h2-6,12-13H,1H3. The molecule has 13 heavy (non-hydrogen) atoms. The summed E-state index contributed by atoms with van der Waals surface area (Å²) in [7, 11) is 0. The molecule has 2 heteroatoms. The molecular weight excluding hydrogens is 164 g/mol. The number of phenolic OH excluding ortho intramolecular Hbond substituents is 2. The van der Waals surface area contributed by atoms with Gasteiger partial charge in [0, 0.05) is 0 Å². The number of aromatic hydroxyl groups is 2. The van der Waals surface area contributed by atoms with Crippen molar-refractivity contribution in [2.24, 2.45) is 0 Å². The minimum atomic E-state index is 0.124. The predicted octanol–water partition coefficient (Wildman–Crippen LogP) is 2.56. The van der Waals surface area contributed by atoms with Crippen LogP contribution in [0.4, 0.5) is 0 Å². The Labute approximate surface area is 76.1 Å². The molecule has 66 valence electrons. The maximum Gasteiger partial charge on any atom is 0.130 e. The summed E-state index contributed by atoms with van der Waals surface area (Å²) < 4.78 is 0. The number of phenols is 2. The second-order valence-electron chi connectivity index (χ2n) is 3.11. The third-order valence-corrected chi connectivity index (χ3v) is 2.20. The van der Waals surface area contributed by atoms with Crippen LogP contribution in [-0.4, -0.2) is 10.2 Å². The first-order valence-electron chi connectivity index (χ1n) is 4.10. The molecule has 0 aromatic heterocycles. The van der Waals surface area contributed by atoms with Gasteiger partial charge in [0.2, 0.25) is 0 Å². The monoisotopic (exact) mass is 174 g/mol. The van der Waals surface area contributed by atoms with Crippen molar-refractivity contribution < 1.29 is 10.2 Å². The lowest BCUT2D eigenvalue weighted by atomic mass is 10.1. The van der Waals surface area contributed by atoms with E-state index in [9.17, 15) is 10.2 Å². The number of benzene rings is 2. The number of rotatable bonds is 0. The molecule has 0 heterocycles. The molecule has 2 N–H and O–H groups in total. The van der Waals surface area contributed by atoms with Gasteiger partial charge in [0.15, 0.2) is 0 Å². The molecule has 0 amide bonds. The zero-order valence-electron chi connectivity index (χ0n) is 7.28. The van der Waals surface area contributed by atoms with E-state index in [1.807, 2.05) is 18.2 Å². The van der Waals surface area contributed by atoms with E-state index in [0.717, 1.165) is 10.9 Å². The van der Waals surface area contributed by atoms with Gasteiger partial charge in [-0.05, 0) is 23.9 Å². The van der Waals surface area contributed by atoms with Crippen molar-refractivity contribution in [3.05, 3.63) is 35.9 Å². The Morgan fingerprint density at radius 2 is 1.77 bits per heavy atom. The maximum absolute atomic E-state index is 9.68. The SMILES string of the molecule is Cc1ccc2cccc(O)c2c1O. The molecule has 0 bridgehead atoms. The Hall–Kier alpha value is -1.70. The summed E-state index contributed by atoms with van der Waals surface area (Å²) in [5, 5.41) is 20.6. The quantitative estimate of drug-likeness (QED) is 0.644. The van der Waals surface area contributed by atoms with E-state index in [1.54, 1.807) is 19.1 Å². The lowest BCUT2D eigenvalue weighted by molar-refractivity contribution is 0.461. The zero-order valence-corrected chi connectivity index (χ0v) is 7.28. The molecule has 0 saturated carbocycles. The van der Waals surface area contributed by atoms with Crippen LogP contribution < -0.4 is 0 Å². The first-order valence-corrected chi connectivity index (χ1v) is 4.10. The fourth-order valence-corrected chi connectivity index (χ4v) is 1.45. The van der Waals surface area contributed by atoms with Crippen molar-refractivity contribution in [1.29, 1.82) is 0 Å². The van der Waals surface area contributed by atoms with Gasteiger partial charge in [-0.2, -0.15) is 0 Å². The number of hydrogen-bond acceptors (Lipinski definition) is 2. The van der Waals surface area contributed by atoms with Crippen LogP contribution in [0.3, 0.4) is 0 Å². The smallest absolute Gasteiger partial charge is 0.130 e. The summed E-state index contributed by atoms with van der Waals surface area (Å²) in [6.07, 6.45) is 0. The summed E-state index contributed by atoms with van der Waals surface area (Å²) in [4.78, 5) is 0. The van der Waals surface area contributed by atoms with Gasteiger partial charge in [-0.1, -0.05) is 24.3 Å². The fourth-order valence-electron chi connectivity index (χ4n) is 1.45. The lowest BCUT2D eigenvalue weighted by Crippen LogP contribution is -1.79. The molecule has 0 aliphatic carbocycles. The summed E-state index contributed by atoms with van der Waals surface area (Å²) in [6.45, 7) is 1.81. The van der Waals surface area contributed by atoms with Crippen molar-refractivity contribution >= 4 is 10.8 Å². The molecular formula is C11H10O2. The molecule has 0 radical (unpaired) electrons. The van der Waals surface area contributed by atoms with Crippen molar-refractivity contribution in [2.45, 2.75) is 6.92 Å². The normalized spacial score (nSPS) is 10.5. The van der Waals surface area contributed by atoms with Gasteiger partial charge in [0.25, 0.3) is 0 Å². The summed E-state index contributed by atoms with van der Waals surface area (Å²) in [5.41, 5.74) is 0.772. The van der Waals surface area contributed by atoms with Crippen molar-refractivity contribution in [1.82, 2.24) is 0 Å². The predicted molar refractivity (Wildman–Crippen MR) is 52.0 cm³/mol. The Bertz CT molecular complexity index is 461. The number of aryl methyl sites for hydroxylation is 1. The highest BCUT2D eigenvalue weighted by atomic mass is 16.3. The first kappa shape index (κ1) is 7.92. The van der Waals surface area contributed by atoms with Crippen LogP contribution >= 0.6 is 0 Å². The van der Waals surface area contributed by atoms with Crippen molar-refractivity contribution in [3.63, 3.8) is 0 Å². The third-order valence-electron chi connectivity index (χ3n) is 2.20. The minimum absolute atomic E-state index is 0.124. The minimum Gasteiger partial charge on any atom is -0.507 e. The zero-order chi connectivity index (χ0) is 9.42. The second-order valence-corrected chi connectivity index (χ2v) is 3.11. The lowest BCUT2D eigenvalue weighted by Gasteiger charge is -2.05. The van der Waals surface area contributed by atoms with Gasteiger partial charge in [0.1, 0.15) is 11.5 Å². The molecule has 0 spiro atoms. The van der Waals surface area contributed by atoms with E-state index in [0.29, 0.717) is 5.39 Å². The average Bonchev–Trinajstić information content (AvgIpc) is 2.12. The molecule has 0 unspecified atom stereocenters. The Kier molecular flexibility index (Phi) is 1.62. The summed E-state index contributed by atoms with van der Waals surface area (Å²) in [5.74, 6) is 0.286. The molecule has 2 aromatic carbocycles. The molecule has 2 nitrogen and oxygen atoms in total. The number of hydrogen-bond donors (Lipinski definition) is 2. The highest BCUT2D eigenvalue weighted by molar-refractivity contribution is 5.94. The Balaban J connectivity index is 2.97. The molecule has 0 fully saturated rings. The van der Waals surface area contributed by atoms with Crippen LogP contribution in [0.2, 0.25) is 0 Å². The highest BCUT2D eigenvalue weighted by Gasteiger charge is 2.06. The van der Waals surface area contributed by atoms with E-state index >= 15 is 0 Å². The van der Waals surface area contributed by atoms with Crippen molar-refractivity contribution in [2.75, 3.05) is 0 Å². The van der Waals surface area contributed by atoms with E-state index in [2.05, 4.69) is 0 Å². The van der Waals surface area contributed by atoms with Gasteiger partial charge < -0.3 is 10.2 Å². The van der Waals surface area contributed by atoms with Gasteiger partial charge >= 0.3 is 0 Å². The van der Waals surface area contributed by atoms with Crippen LogP contribution in [0.1, 0.15) is 5.56 Å². The van der Waals surface area contributed by atoms with Crippen LogP contribution in [0.5, 0.6) is 11.5 Å². The summed E-state index contributed by atoms with van der Waals surface area (Å²) >= 11 is 0. The van der Waals surface area contributed by atoms with E-state index < -0.39 is 0 Å². The van der Waals surface area contributed by atoms with Crippen LogP contribution in [0, 0.1) is 6.92 Å². The summed E-state index contributed by atoms with van der Waals surface area (Å²) in [6, 6.07) is 8.89. The first-order chi connectivity index (χ1) is 6.20. The van der Waals surface area contributed by atoms with Crippen LogP contribution in [-0.2, 0) is 0 Å². The second kappa shape index (κ2) is 2.66. The molecule has 2 rings (SSSR count). The Morgan fingerprint density at radius 3 is 2.54 bits per heavy atom. The number of fused-ring (bicyclic) bond motifs is 1. The van der Waals surface area contributed by atoms with E-state index in [4.69, 9.17) is 0 Å². The van der Waals surface area contributed by atoms with Gasteiger partial charge in [-0.25, -0.2) is 0 Å². The van der Waals surface area contributed by atoms with Gasteiger partial charge in [0.05, 0.1) is 5.39 Å². The van der Waals surface area contributed by atoms with Crippen LogP contribution in [0.25, 0.3) is 10.8 Å². The highest BCUT2D eigenvalue weighted by Crippen LogP contribution is 2.34. The van der Waals surface area contributed by atoms with Crippen molar-refractivity contribution in [3.8, 4) is 11.5 Å². The van der Waals surface area contributed by atoms with Crippen LogP contribution in [0.15, 0.2) is 30.3 Å². The topological polar surface area (TPSA) is 40.5 Å². The molecule has 0 atom stereocenters. The maximum atomic E-state index is 9.68. The molecule has 0 saturated heterocycles. The molecule has 0 aliphatic rings. The fraction of sp³-hybridized carbons (Fsp3) is 0.0909. The third kappa shape index (κ3) is 1.11. The van der Waals surface area contributed by atoms with Gasteiger partial charge in [-0.3, -0.25) is 0 Å². The van der Waals surface area contributed by atoms with E-state index in [-0.39, 0.29) is 11.5 Å². The molecule has 2 aromatic rings. The Morgan fingerprint density at radius 1 is 1.00 bits per heavy atom.